The maximum absolute atomic E-state index is 12.4. The molecule has 0 unspecified atom stereocenters. The van der Waals surface area contributed by atoms with Crippen molar-refractivity contribution in [3.63, 3.8) is 0 Å². The zero-order valence-electron chi connectivity index (χ0n) is 14.2. The summed E-state index contributed by atoms with van der Waals surface area (Å²) < 4.78 is 0. The fraction of sp³-hybridized carbons (Fsp3) is 0.579. The predicted molar refractivity (Wildman–Crippen MR) is 91.1 cm³/mol. The third-order valence-corrected chi connectivity index (χ3v) is 6.18. The van der Waals surface area contributed by atoms with E-state index in [1.54, 1.807) is 0 Å². The van der Waals surface area contributed by atoms with Crippen molar-refractivity contribution in [2.45, 2.75) is 27.2 Å². The van der Waals surface area contributed by atoms with Crippen molar-refractivity contribution in [3.05, 3.63) is 35.7 Å². The van der Waals surface area contributed by atoms with Crippen LogP contribution in [-0.4, -0.2) is 41.8 Å². The number of carbonyl (C=O) groups is 1. The number of carbonyl (C=O) groups excluding carboxylic acids is 1. The molecule has 4 heteroatoms. The molecule has 1 aromatic rings. The smallest absolute Gasteiger partial charge is 0.161 e. The Bertz CT molecular complexity index is 656. The maximum atomic E-state index is 12.4. The van der Waals surface area contributed by atoms with Crippen molar-refractivity contribution in [2.75, 3.05) is 31.1 Å². The summed E-state index contributed by atoms with van der Waals surface area (Å²) >= 11 is 0. The average molecular weight is 311 g/mol. The van der Waals surface area contributed by atoms with Crippen molar-refractivity contribution in [1.82, 2.24) is 9.88 Å². The van der Waals surface area contributed by atoms with Crippen molar-refractivity contribution in [2.24, 2.45) is 17.3 Å². The molecule has 2 saturated carbocycles. The van der Waals surface area contributed by atoms with Crippen molar-refractivity contribution in [1.29, 1.82) is 0 Å². The van der Waals surface area contributed by atoms with Gasteiger partial charge in [-0.2, -0.15) is 0 Å². The van der Waals surface area contributed by atoms with E-state index in [2.05, 4.69) is 41.6 Å². The van der Waals surface area contributed by atoms with E-state index in [1.807, 2.05) is 18.3 Å². The first-order valence-electron chi connectivity index (χ1n) is 8.65. The normalized spacial score (nSPS) is 31.2. The highest BCUT2D eigenvalue weighted by Gasteiger charge is 2.65. The molecule has 4 nitrogen and oxygen atoms in total. The zero-order valence-corrected chi connectivity index (χ0v) is 14.2. The standard InChI is InChI=1S/C19H25N3O/c1-13(17-15(23)12-14-18(17)19(14,2)3)21-8-10-22(11-9-21)16-6-4-5-7-20-16/h4-7,14,18H,8-12H2,1-3H3/t14-,18+/m0/s1. The summed E-state index contributed by atoms with van der Waals surface area (Å²) in [6.45, 7) is 10.6. The second-order valence-corrected chi connectivity index (χ2v) is 7.69. The van der Waals surface area contributed by atoms with Crippen LogP contribution in [0.25, 0.3) is 0 Å². The van der Waals surface area contributed by atoms with Gasteiger partial charge in [0, 0.05) is 50.1 Å². The quantitative estimate of drug-likeness (QED) is 0.787. The molecule has 2 heterocycles. The number of pyridine rings is 1. The van der Waals surface area contributed by atoms with Gasteiger partial charge in [-0.1, -0.05) is 19.9 Å². The van der Waals surface area contributed by atoms with Gasteiger partial charge >= 0.3 is 0 Å². The molecule has 0 radical (unpaired) electrons. The molecule has 3 fully saturated rings. The molecule has 2 atom stereocenters. The summed E-state index contributed by atoms with van der Waals surface area (Å²) in [5.41, 5.74) is 2.69. The largest absolute Gasteiger partial charge is 0.371 e. The summed E-state index contributed by atoms with van der Waals surface area (Å²) in [5, 5.41) is 0. The number of fused-ring (bicyclic) bond motifs is 1. The highest BCUT2D eigenvalue weighted by Crippen LogP contribution is 2.68. The first kappa shape index (κ1) is 14.7. The van der Waals surface area contributed by atoms with Crippen LogP contribution in [-0.2, 0) is 4.79 Å². The number of aromatic nitrogens is 1. The number of rotatable bonds is 2. The van der Waals surface area contributed by atoms with Crippen molar-refractivity contribution in [3.8, 4) is 0 Å². The first-order valence-corrected chi connectivity index (χ1v) is 8.65. The number of ketones is 1. The topological polar surface area (TPSA) is 36.4 Å². The van der Waals surface area contributed by atoms with Gasteiger partial charge < -0.3 is 9.80 Å². The molecule has 1 aromatic heterocycles. The van der Waals surface area contributed by atoms with Gasteiger partial charge in [0.1, 0.15) is 5.82 Å². The lowest BCUT2D eigenvalue weighted by atomic mass is 9.95. The van der Waals surface area contributed by atoms with Crippen LogP contribution in [0, 0.1) is 17.3 Å². The first-order chi connectivity index (χ1) is 11.0. The fourth-order valence-electron chi connectivity index (χ4n) is 4.59. The number of hydrogen-bond donors (Lipinski definition) is 0. The Morgan fingerprint density at radius 1 is 1.22 bits per heavy atom. The molecule has 0 spiro atoms. The predicted octanol–water partition coefficient (Wildman–Crippen LogP) is 2.72. The number of hydrogen-bond acceptors (Lipinski definition) is 4. The van der Waals surface area contributed by atoms with E-state index in [9.17, 15) is 4.79 Å². The molecular formula is C19H25N3O. The van der Waals surface area contributed by atoms with Gasteiger partial charge in [0.15, 0.2) is 5.78 Å². The minimum Gasteiger partial charge on any atom is -0.371 e. The van der Waals surface area contributed by atoms with E-state index >= 15 is 0 Å². The van der Waals surface area contributed by atoms with Crippen LogP contribution in [0.2, 0.25) is 0 Å². The fourth-order valence-corrected chi connectivity index (χ4v) is 4.59. The van der Waals surface area contributed by atoms with Gasteiger partial charge in [-0.15, -0.1) is 0 Å². The van der Waals surface area contributed by atoms with Gasteiger partial charge in [0.25, 0.3) is 0 Å². The van der Waals surface area contributed by atoms with Gasteiger partial charge in [-0.3, -0.25) is 4.79 Å². The molecule has 1 aliphatic heterocycles. The number of piperazine rings is 1. The van der Waals surface area contributed by atoms with Crippen LogP contribution < -0.4 is 4.90 Å². The summed E-state index contributed by atoms with van der Waals surface area (Å²) in [6.07, 6.45) is 2.61. The summed E-state index contributed by atoms with van der Waals surface area (Å²) in [7, 11) is 0. The van der Waals surface area contributed by atoms with E-state index in [0.29, 0.717) is 23.0 Å². The average Bonchev–Trinajstić information content (AvgIpc) is 2.92. The minimum atomic E-state index is 0.334. The van der Waals surface area contributed by atoms with E-state index in [1.165, 1.54) is 5.70 Å². The second kappa shape index (κ2) is 5.08. The molecular weight excluding hydrogens is 286 g/mol. The molecule has 122 valence electrons. The lowest BCUT2D eigenvalue weighted by molar-refractivity contribution is -0.115. The van der Waals surface area contributed by atoms with Crippen molar-refractivity contribution < 1.29 is 4.79 Å². The third kappa shape index (κ3) is 2.27. The molecule has 0 bridgehead atoms. The number of anilines is 1. The summed E-state index contributed by atoms with van der Waals surface area (Å²) in [4.78, 5) is 21.5. The van der Waals surface area contributed by atoms with E-state index in [0.717, 1.165) is 44.0 Å². The molecule has 1 saturated heterocycles. The zero-order chi connectivity index (χ0) is 16.2. The van der Waals surface area contributed by atoms with Crippen LogP contribution >= 0.6 is 0 Å². The Hall–Kier alpha value is -1.84. The second-order valence-electron chi connectivity index (χ2n) is 7.69. The minimum absolute atomic E-state index is 0.334. The van der Waals surface area contributed by atoms with Gasteiger partial charge in [0.2, 0.25) is 0 Å². The van der Waals surface area contributed by atoms with Crippen LogP contribution in [0.15, 0.2) is 35.7 Å². The van der Waals surface area contributed by atoms with Crippen LogP contribution in [0.5, 0.6) is 0 Å². The summed E-state index contributed by atoms with van der Waals surface area (Å²) in [6, 6.07) is 6.06. The molecule has 4 rings (SSSR count). The Morgan fingerprint density at radius 2 is 1.96 bits per heavy atom. The van der Waals surface area contributed by atoms with Gasteiger partial charge in [0.05, 0.1) is 0 Å². The highest BCUT2D eigenvalue weighted by molar-refractivity contribution is 6.01. The highest BCUT2D eigenvalue weighted by atomic mass is 16.1. The lowest BCUT2D eigenvalue weighted by Gasteiger charge is -2.38. The number of allylic oxidation sites excluding steroid dienone is 2. The van der Waals surface area contributed by atoms with Crippen LogP contribution in [0.4, 0.5) is 5.82 Å². The number of Topliss-reactive ketones (excluding diaryl/α,β-unsaturated/α-hetero) is 1. The van der Waals surface area contributed by atoms with Gasteiger partial charge in [-0.25, -0.2) is 4.98 Å². The molecule has 0 amide bonds. The number of nitrogens with zero attached hydrogens (tertiary/aromatic N) is 3. The Kier molecular flexibility index (Phi) is 3.26. The maximum Gasteiger partial charge on any atom is 0.161 e. The van der Waals surface area contributed by atoms with Crippen molar-refractivity contribution >= 4 is 11.6 Å². The van der Waals surface area contributed by atoms with Crippen LogP contribution in [0.1, 0.15) is 27.2 Å². The van der Waals surface area contributed by atoms with Crippen LogP contribution in [0.3, 0.4) is 0 Å². The molecule has 3 aliphatic rings. The molecule has 23 heavy (non-hydrogen) atoms. The monoisotopic (exact) mass is 311 g/mol. The lowest BCUT2D eigenvalue weighted by Crippen LogP contribution is -2.46. The molecule has 0 aromatic carbocycles. The third-order valence-electron chi connectivity index (χ3n) is 6.18. The Labute approximate surface area is 138 Å². The Morgan fingerprint density at radius 3 is 2.57 bits per heavy atom. The SMILES string of the molecule is CC(=C1C(=O)C[C@H]2[C@H]1C2(C)C)N1CCN(c2ccccn2)CC1. The molecule has 2 aliphatic carbocycles. The van der Waals surface area contributed by atoms with E-state index in [-0.39, 0.29) is 0 Å². The van der Waals surface area contributed by atoms with Gasteiger partial charge in [-0.05, 0) is 36.3 Å². The van der Waals surface area contributed by atoms with E-state index < -0.39 is 0 Å². The molecule has 0 N–H and O–H groups in total. The summed E-state index contributed by atoms with van der Waals surface area (Å²) in [5.74, 6) is 2.54. The van der Waals surface area contributed by atoms with E-state index in [4.69, 9.17) is 0 Å². The Balaban J connectivity index is 1.48.